The van der Waals surface area contributed by atoms with Gasteiger partial charge in [0.2, 0.25) is 0 Å². The van der Waals surface area contributed by atoms with Gasteiger partial charge in [-0.1, -0.05) is 6.92 Å². The van der Waals surface area contributed by atoms with Gasteiger partial charge >= 0.3 is 5.97 Å². The van der Waals surface area contributed by atoms with Gasteiger partial charge in [0.15, 0.2) is 6.10 Å². The van der Waals surface area contributed by atoms with Crippen LogP contribution in [0.3, 0.4) is 0 Å². The molecule has 0 aromatic carbocycles. The zero-order valence-corrected chi connectivity index (χ0v) is 6.80. The first kappa shape index (κ1) is 9.44. The van der Waals surface area contributed by atoms with Gasteiger partial charge in [0, 0.05) is 12.3 Å². The Morgan fingerprint density at radius 3 is 2.75 bits per heavy atom. The Hall–Kier alpha value is -0.650. The topological polar surface area (TPSA) is 92.8 Å². The molecule has 12 heavy (non-hydrogen) atoms. The van der Waals surface area contributed by atoms with Gasteiger partial charge in [-0.3, -0.25) is 0 Å². The molecule has 1 aliphatic heterocycles. The van der Waals surface area contributed by atoms with Gasteiger partial charge in [-0.25, -0.2) is 4.79 Å². The average molecular weight is 175 g/mol. The number of ether oxygens (including phenoxy) is 1. The second-order valence-corrected chi connectivity index (χ2v) is 3.10. The first-order valence-electron chi connectivity index (χ1n) is 3.84. The largest absolute Gasteiger partial charge is 0.479 e. The molecular weight excluding hydrogens is 162 g/mol. The Bertz CT molecular complexity index is 184. The fourth-order valence-electron chi connectivity index (χ4n) is 1.31. The molecule has 4 atom stereocenters. The number of rotatable bonds is 1. The van der Waals surface area contributed by atoms with Crippen LogP contribution < -0.4 is 5.73 Å². The predicted molar refractivity (Wildman–Crippen MR) is 40.3 cm³/mol. The predicted octanol–water partition coefficient (Wildman–Crippen LogP) is -0.858. The lowest BCUT2D eigenvalue weighted by molar-refractivity contribution is -0.176. The van der Waals surface area contributed by atoms with E-state index in [0.717, 1.165) is 0 Å². The molecule has 4 N–H and O–H groups in total. The summed E-state index contributed by atoms with van der Waals surface area (Å²) in [5, 5.41) is 18.0. The maximum atomic E-state index is 10.6. The summed E-state index contributed by atoms with van der Waals surface area (Å²) in [7, 11) is 0. The average Bonchev–Trinajstić information content (AvgIpc) is 1.96. The lowest BCUT2D eigenvalue weighted by Crippen LogP contribution is -2.49. The third-order valence-electron chi connectivity index (χ3n) is 2.12. The van der Waals surface area contributed by atoms with E-state index in [1.807, 2.05) is 0 Å². The van der Waals surface area contributed by atoms with Crippen LogP contribution in [0.5, 0.6) is 0 Å². The Balaban J connectivity index is 2.66. The summed E-state index contributed by atoms with van der Waals surface area (Å²) < 4.78 is 4.95. The molecule has 3 unspecified atom stereocenters. The van der Waals surface area contributed by atoms with Crippen molar-refractivity contribution in [2.75, 3.05) is 0 Å². The quantitative estimate of drug-likeness (QED) is 0.482. The first-order valence-corrected chi connectivity index (χ1v) is 3.84. The molecule has 0 spiro atoms. The van der Waals surface area contributed by atoms with Crippen LogP contribution in [0.2, 0.25) is 0 Å². The van der Waals surface area contributed by atoms with Gasteiger partial charge < -0.3 is 20.7 Å². The van der Waals surface area contributed by atoms with Crippen molar-refractivity contribution in [3.63, 3.8) is 0 Å². The fraction of sp³-hybridized carbons (Fsp3) is 0.857. The van der Waals surface area contributed by atoms with Crippen LogP contribution in [0.1, 0.15) is 13.3 Å². The van der Waals surface area contributed by atoms with Crippen molar-refractivity contribution in [3.05, 3.63) is 0 Å². The minimum atomic E-state index is -1.07. The summed E-state index contributed by atoms with van der Waals surface area (Å²) in [6, 6.07) is 0. The number of aliphatic hydroxyl groups is 1. The van der Waals surface area contributed by atoms with E-state index in [1.165, 1.54) is 0 Å². The summed E-state index contributed by atoms with van der Waals surface area (Å²) in [5.41, 5.74) is 5.37. The third-order valence-corrected chi connectivity index (χ3v) is 2.12. The summed E-state index contributed by atoms with van der Waals surface area (Å²) in [6.07, 6.45) is -2.04. The summed E-state index contributed by atoms with van der Waals surface area (Å²) >= 11 is 0. The fourth-order valence-corrected chi connectivity index (χ4v) is 1.31. The van der Waals surface area contributed by atoms with E-state index < -0.39 is 30.3 Å². The monoisotopic (exact) mass is 175 g/mol. The minimum Gasteiger partial charge on any atom is -0.479 e. The van der Waals surface area contributed by atoms with Crippen LogP contribution in [0.4, 0.5) is 0 Å². The maximum Gasteiger partial charge on any atom is 0.333 e. The molecule has 0 amide bonds. The second-order valence-electron chi connectivity index (χ2n) is 3.10. The van der Waals surface area contributed by atoms with Crippen molar-refractivity contribution >= 4 is 5.97 Å². The van der Waals surface area contributed by atoms with Crippen LogP contribution >= 0.6 is 0 Å². The molecule has 5 heteroatoms. The van der Waals surface area contributed by atoms with Gasteiger partial charge in [0.1, 0.15) is 6.23 Å². The van der Waals surface area contributed by atoms with E-state index >= 15 is 0 Å². The number of aliphatic hydroxyl groups excluding tert-OH is 1. The Morgan fingerprint density at radius 1 is 1.67 bits per heavy atom. The van der Waals surface area contributed by atoms with Crippen molar-refractivity contribution in [2.45, 2.75) is 31.8 Å². The molecule has 0 bridgehead atoms. The molecule has 1 heterocycles. The Morgan fingerprint density at radius 2 is 2.25 bits per heavy atom. The molecule has 0 aromatic rings. The van der Waals surface area contributed by atoms with Crippen LogP contribution in [-0.4, -0.2) is 34.6 Å². The highest BCUT2D eigenvalue weighted by Crippen LogP contribution is 2.23. The third kappa shape index (κ3) is 1.74. The molecule has 0 radical (unpaired) electrons. The van der Waals surface area contributed by atoms with Crippen molar-refractivity contribution in [1.82, 2.24) is 0 Å². The molecule has 70 valence electrons. The standard InChI is InChI=1S/C7H13NO4/c1-3-4(9)2-5(8)12-6(3)7(10)11/h3-6,9H,2,8H2,1H3,(H,10,11)/t3?,4-,5?,6?/m1/s1. The van der Waals surface area contributed by atoms with Crippen LogP contribution in [0.25, 0.3) is 0 Å². The molecule has 0 saturated carbocycles. The van der Waals surface area contributed by atoms with Gasteiger partial charge in [0.05, 0.1) is 6.10 Å². The molecular formula is C7H13NO4. The molecule has 1 saturated heterocycles. The molecule has 0 aromatic heterocycles. The second kappa shape index (κ2) is 3.38. The highest BCUT2D eigenvalue weighted by molar-refractivity contribution is 5.72. The van der Waals surface area contributed by atoms with Gasteiger partial charge in [-0.2, -0.15) is 0 Å². The Labute approximate surface area is 70.1 Å². The van der Waals surface area contributed by atoms with E-state index in [0.29, 0.717) is 6.42 Å². The van der Waals surface area contributed by atoms with Gasteiger partial charge in [-0.15, -0.1) is 0 Å². The van der Waals surface area contributed by atoms with Crippen molar-refractivity contribution in [3.8, 4) is 0 Å². The lowest BCUT2D eigenvalue weighted by atomic mass is 9.92. The number of carbonyl (C=O) groups is 1. The van der Waals surface area contributed by atoms with Gasteiger partial charge in [-0.05, 0) is 0 Å². The number of nitrogens with two attached hydrogens (primary N) is 1. The van der Waals surface area contributed by atoms with E-state index in [1.54, 1.807) is 6.92 Å². The van der Waals surface area contributed by atoms with E-state index in [4.69, 9.17) is 15.6 Å². The molecule has 1 aliphatic rings. The zero-order chi connectivity index (χ0) is 9.30. The number of carboxylic acids is 1. The number of hydrogen-bond acceptors (Lipinski definition) is 4. The lowest BCUT2D eigenvalue weighted by Gasteiger charge is -2.34. The van der Waals surface area contributed by atoms with Crippen LogP contribution in [0, 0.1) is 5.92 Å². The number of carboxylic acid groups (broad SMARTS) is 1. The van der Waals surface area contributed by atoms with Crippen LogP contribution in [-0.2, 0) is 9.53 Å². The summed E-state index contributed by atoms with van der Waals surface area (Å²) in [5.74, 6) is -1.47. The normalized spacial score (nSPS) is 42.6. The van der Waals surface area contributed by atoms with Gasteiger partial charge in [0.25, 0.3) is 0 Å². The highest BCUT2D eigenvalue weighted by atomic mass is 16.5. The van der Waals surface area contributed by atoms with Crippen molar-refractivity contribution < 1.29 is 19.7 Å². The maximum absolute atomic E-state index is 10.6. The minimum absolute atomic E-state index is 0.297. The highest BCUT2D eigenvalue weighted by Gasteiger charge is 2.37. The summed E-state index contributed by atoms with van der Waals surface area (Å²) in [4.78, 5) is 10.6. The number of aliphatic carboxylic acids is 1. The Kier molecular flexibility index (Phi) is 2.66. The van der Waals surface area contributed by atoms with Crippen molar-refractivity contribution in [2.24, 2.45) is 11.7 Å². The zero-order valence-electron chi connectivity index (χ0n) is 6.80. The molecule has 0 aliphatic carbocycles. The summed E-state index contributed by atoms with van der Waals surface area (Å²) in [6.45, 7) is 1.63. The van der Waals surface area contributed by atoms with E-state index in [2.05, 4.69) is 0 Å². The van der Waals surface area contributed by atoms with E-state index in [-0.39, 0.29) is 0 Å². The number of hydrogen-bond donors (Lipinski definition) is 3. The first-order chi connectivity index (χ1) is 5.52. The SMILES string of the molecule is CC1C(C(=O)O)OC(N)C[C@H]1O. The molecule has 5 nitrogen and oxygen atoms in total. The smallest absolute Gasteiger partial charge is 0.333 e. The van der Waals surface area contributed by atoms with Crippen molar-refractivity contribution in [1.29, 1.82) is 0 Å². The van der Waals surface area contributed by atoms with E-state index in [9.17, 15) is 9.90 Å². The van der Waals surface area contributed by atoms with Crippen LogP contribution in [0.15, 0.2) is 0 Å². The molecule has 1 fully saturated rings. The molecule has 1 rings (SSSR count).